The van der Waals surface area contributed by atoms with Crippen LogP contribution in [0.2, 0.25) is 0 Å². The normalized spacial score (nSPS) is 17.6. The number of halogens is 2. The minimum absolute atomic E-state index is 0.129. The van der Waals surface area contributed by atoms with E-state index in [1.165, 1.54) is 23.7 Å². The van der Waals surface area contributed by atoms with Crippen LogP contribution in [0.5, 0.6) is 0 Å². The van der Waals surface area contributed by atoms with Crippen LogP contribution in [0.15, 0.2) is 60.3 Å². The summed E-state index contributed by atoms with van der Waals surface area (Å²) in [5.41, 5.74) is 3.81. The zero-order valence-electron chi connectivity index (χ0n) is 21.3. The summed E-state index contributed by atoms with van der Waals surface area (Å²) in [5.74, 6) is -1.21. The summed E-state index contributed by atoms with van der Waals surface area (Å²) in [6.07, 6.45) is 9.57. The minimum atomic E-state index is -2.62. The summed E-state index contributed by atoms with van der Waals surface area (Å²) in [7, 11) is 0. The Bertz CT molecular complexity index is 1760. The Morgan fingerprint density at radius 2 is 1.82 bits per heavy atom. The highest BCUT2D eigenvalue weighted by atomic mass is 19.3. The highest BCUT2D eigenvalue weighted by molar-refractivity contribution is 5.81. The minimum Gasteiger partial charge on any atom is -0.309 e. The summed E-state index contributed by atoms with van der Waals surface area (Å²) >= 11 is 0. The molecule has 0 bridgehead atoms. The number of hydrogen-bond donors (Lipinski definition) is 0. The van der Waals surface area contributed by atoms with Gasteiger partial charge >= 0.3 is 0 Å². The topological polar surface area (TPSA) is 96.3 Å². The number of aryl methyl sites for hydroxylation is 1. The molecule has 1 aromatic carbocycles. The molecular weight excluding hydrogens is 502 g/mol. The first kappa shape index (κ1) is 23.8. The Kier molecular flexibility index (Phi) is 5.43. The van der Waals surface area contributed by atoms with Gasteiger partial charge in [0, 0.05) is 31.0 Å². The molecular formula is C28H26F2N8O. The predicted octanol–water partition coefficient (Wildman–Crippen LogP) is 5.16. The average molecular weight is 529 g/mol. The summed E-state index contributed by atoms with van der Waals surface area (Å²) < 4.78 is 32.6. The van der Waals surface area contributed by atoms with Crippen molar-refractivity contribution in [2.24, 2.45) is 0 Å². The molecule has 2 saturated carbocycles. The molecule has 0 saturated heterocycles. The zero-order valence-corrected chi connectivity index (χ0v) is 21.3. The largest absolute Gasteiger partial charge is 0.309 e. The van der Waals surface area contributed by atoms with Crippen molar-refractivity contribution in [1.82, 2.24) is 38.9 Å². The van der Waals surface area contributed by atoms with Crippen LogP contribution in [0.25, 0.3) is 33.9 Å². The Morgan fingerprint density at radius 1 is 1.00 bits per heavy atom. The number of pyridine rings is 1. The van der Waals surface area contributed by atoms with Gasteiger partial charge in [0.2, 0.25) is 5.92 Å². The third-order valence-corrected chi connectivity index (χ3v) is 7.82. The summed E-state index contributed by atoms with van der Waals surface area (Å²) in [6, 6.07) is 8.93. The van der Waals surface area contributed by atoms with Gasteiger partial charge in [-0.3, -0.25) is 9.36 Å². The molecule has 4 aromatic heterocycles. The van der Waals surface area contributed by atoms with Gasteiger partial charge in [0.15, 0.2) is 5.82 Å². The number of nitrogens with zero attached hydrogens (tertiary/aromatic N) is 8. The Morgan fingerprint density at radius 3 is 2.62 bits per heavy atom. The lowest BCUT2D eigenvalue weighted by Crippen LogP contribution is -2.26. The van der Waals surface area contributed by atoms with Crippen molar-refractivity contribution in [2.75, 3.05) is 0 Å². The third-order valence-electron chi connectivity index (χ3n) is 7.82. The van der Waals surface area contributed by atoms with Gasteiger partial charge in [0.1, 0.15) is 24.2 Å². The van der Waals surface area contributed by atoms with Gasteiger partial charge in [0.25, 0.3) is 5.56 Å². The van der Waals surface area contributed by atoms with Crippen molar-refractivity contribution in [1.29, 1.82) is 0 Å². The first-order valence-corrected chi connectivity index (χ1v) is 13.2. The molecule has 198 valence electrons. The van der Waals surface area contributed by atoms with Crippen molar-refractivity contribution in [3.05, 3.63) is 77.1 Å². The van der Waals surface area contributed by atoms with Gasteiger partial charge in [-0.2, -0.15) is 0 Å². The van der Waals surface area contributed by atoms with Gasteiger partial charge in [-0.1, -0.05) is 6.07 Å². The summed E-state index contributed by atoms with van der Waals surface area (Å²) in [4.78, 5) is 27.5. The van der Waals surface area contributed by atoms with E-state index < -0.39 is 5.92 Å². The lowest BCUT2D eigenvalue weighted by atomic mass is 9.92. The fraction of sp³-hybridized carbons (Fsp3) is 0.357. The van der Waals surface area contributed by atoms with Crippen LogP contribution in [-0.2, 0) is 0 Å². The van der Waals surface area contributed by atoms with Crippen molar-refractivity contribution < 1.29 is 8.78 Å². The molecule has 0 radical (unpaired) electrons. The van der Waals surface area contributed by atoms with Gasteiger partial charge in [-0.25, -0.2) is 23.7 Å². The second-order valence-corrected chi connectivity index (χ2v) is 10.6. The fourth-order valence-corrected chi connectivity index (χ4v) is 5.44. The molecule has 2 aliphatic rings. The lowest BCUT2D eigenvalue weighted by Gasteiger charge is -2.29. The molecule has 4 heterocycles. The molecule has 2 fully saturated rings. The maximum absolute atomic E-state index is 13.7. The summed E-state index contributed by atoms with van der Waals surface area (Å²) in [6.45, 7) is 1.99. The predicted molar refractivity (Wildman–Crippen MR) is 140 cm³/mol. The van der Waals surface area contributed by atoms with E-state index in [2.05, 4.69) is 20.2 Å². The number of aromatic nitrogens is 8. The van der Waals surface area contributed by atoms with Crippen molar-refractivity contribution in [2.45, 2.75) is 63.3 Å². The molecule has 0 N–H and O–H groups in total. The molecule has 0 unspecified atom stereocenters. The molecule has 0 atom stereocenters. The molecule has 5 aromatic rings. The zero-order chi connectivity index (χ0) is 26.7. The lowest BCUT2D eigenvalue weighted by molar-refractivity contribution is -0.0438. The highest BCUT2D eigenvalue weighted by Gasteiger charge is 2.36. The van der Waals surface area contributed by atoms with Crippen molar-refractivity contribution >= 4 is 10.9 Å². The standard InChI is InChI=1S/C28H26F2N8O/c1-17-11-22-20(12-24(17)36-13-23(31-14-36)18-5-6-18)27(39)38(15-32-22)25-4-2-3-21(34-25)26-35-33-16-37(26)19-7-9-28(29,30)10-8-19/h2-4,11-16,18-19H,5-10H2,1H3. The molecule has 0 spiro atoms. The Labute approximate surface area is 222 Å². The van der Waals surface area contributed by atoms with Gasteiger partial charge < -0.3 is 9.13 Å². The Balaban J connectivity index is 1.25. The molecule has 7 rings (SSSR count). The first-order valence-electron chi connectivity index (χ1n) is 13.2. The SMILES string of the molecule is Cc1cc2ncn(-c3cccc(-c4nncn4C4CCC(F)(F)CC4)n3)c(=O)c2cc1-n1cnc(C2CC2)c1. The van der Waals surface area contributed by atoms with Gasteiger partial charge in [0.05, 0.1) is 28.6 Å². The Hall–Kier alpha value is -4.28. The number of fused-ring (bicyclic) bond motifs is 1. The van der Waals surface area contributed by atoms with Crippen LogP contribution in [0.3, 0.4) is 0 Å². The molecule has 0 aliphatic heterocycles. The van der Waals surface area contributed by atoms with Gasteiger partial charge in [-0.05, 0) is 62.4 Å². The number of rotatable bonds is 5. The average Bonchev–Trinajstić information content (AvgIpc) is 3.45. The van der Waals surface area contributed by atoms with E-state index in [0.29, 0.717) is 47.0 Å². The second-order valence-electron chi connectivity index (χ2n) is 10.6. The van der Waals surface area contributed by atoms with Crippen molar-refractivity contribution in [3.8, 4) is 23.0 Å². The van der Waals surface area contributed by atoms with Crippen molar-refractivity contribution in [3.63, 3.8) is 0 Å². The number of alkyl halides is 2. The van der Waals surface area contributed by atoms with E-state index in [0.717, 1.165) is 16.9 Å². The summed E-state index contributed by atoms with van der Waals surface area (Å²) in [5, 5.41) is 8.73. The van der Waals surface area contributed by atoms with E-state index >= 15 is 0 Å². The monoisotopic (exact) mass is 528 g/mol. The van der Waals surface area contributed by atoms with Crippen LogP contribution in [0, 0.1) is 6.92 Å². The molecule has 39 heavy (non-hydrogen) atoms. The first-order chi connectivity index (χ1) is 18.9. The highest BCUT2D eigenvalue weighted by Crippen LogP contribution is 2.40. The number of benzene rings is 1. The molecule has 11 heteroatoms. The maximum Gasteiger partial charge on any atom is 0.267 e. The quantitative estimate of drug-likeness (QED) is 0.313. The van der Waals surface area contributed by atoms with Crippen LogP contribution in [0.1, 0.15) is 61.7 Å². The van der Waals surface area contributed by atoms with Crippen LogP contribution in [-0.4, -0.2) is 44.8 Å². The molecule has 2 aliphatic carbocycles. The third kappa shape index (κ3) is 4.31. The molecule has 9 nitrogen and oxygen atoms in total. The number of imidazole rings is 1. The van der Waals surface area contributed by atoms with Crippen LogP contribution < -0.4 is 5.56 Å². The number of hydrogen-bond acceptors (Lipinski definition) is 6. The smallest absolute Gasteiger partial charge is 0.267 e. The van der Waals surface area contributed by atoms with E-state index in [9.17, 15) is 13.6 Å². The maximum atomic E-state index is 13.7. The van der Waals surface area contributed by atoms with E-state index in [4.69, 9.17) is 4.98 Å². The second kappa shape index (κ2) is 8.89. The molecule has 0 amide bonds. The van der Waals surface area contributed by atoms with E-state index in [1.807, 2.05) is 34.4 Å². The van der Waals surface area contributed by atoms with E-state index in [-0.39, 0.29) is 24.4 Å². The van der Waals surface area contributed by atoms with Crippen LogP contribution in [0.4, 0.5) is 8.78 Å². The van der Waals surface area contributed by atoms with Gasteiger partial charge in [-0.15, -0.1) is 10.2 Å². The van der Waals surface area contributed by atoms with Crippen LogP contribution >= 0.6 is 0 Å². The van der Waals surface area contributed by atoms with E-state index in [1.54, 1.807) is 30.9 Å². The fourth-order valence-electron chi connectivity index (χ4n) is 5.44.